The van der Waals surface area contributed by atoms with Crippen LogP contribution in [-0.2, 0) is 18.6 Å². The Balaban J connectivity index is 2.15. The van der Waals surface area contributed by atoms with Crippen LogP contribution >= 0.6 is 11.3 Å². The lowest BCUT2D eigenvalue weighted by Crippen LogP contribution is -2.14. The number of hydrogen-bond acceptors (Lipinski definition) is 4. The van der Waals surface area contributed by atoms with Crippen molar-refractivity contribution in [3.05, 3.63) is 44.9 Å². The number of aliphatic hydroxyl groups excluding tert-OH is 1. The van der Waals surface area contributed by atoms with Crippen LogP contribution in [-0.4, -0.2) is 10.1 Å². The maximum Gasteiger partial charge on any atom is 0.140 e. The van der Waals surface area contributed by atoms with Crippen molar-refractivity contribution in [2.24, 2.45) is 0 Å². The average molecular weight is 305 g/mol. The van der Waals surface area contributed by atoms with E-state index < -0.39 is 0 Å². The van der Waals surface area contributed by atoms with Gasteiger partial charge in [0.1, 0.15) is 17.4 Å². The lowest BCUT2D eigenvalue weighted by atomic mass is 9.91. The second-order valence-corrected chi connectivity index (χ2v) is 7.51. The number of aliphatic hydroxyl groups is 1. The van der Waals surface area contributed by atoms with Crippen LogP contribution in [0.5, 0.6) is 5.75 Å². The van der Waals surface area contributed by atoms with Crippen LogP contribution in [0.4, 0.5) is 0 Å². The van der Waals surface area contributed by atoms with Gasteiger partial charge < -0.3 is 9.84 Å². The molecule has 0 saturated carbocycles. The summed E-state index contributed by atoms with van der Waals surface area (Å²) in [6.45, 7) is 10.9. The molecule has 0 saturated heterocycles. The van der Waals surface area contributed by atoms with Crippen LogP contribution in [0.1, 0.15) is 47.5 Å². The molecule has 0 aliphatic rings. The van der Waals surface area contributed by atoms with E-state index in [1.165, 1.54) is 16.9 Å². The van der Waals surface area contributed by atoms with E-state index in [0.717, 1.165) is 26.9 Å². The molecule has 2 rings (SSSR count). The van der Waals surface area contributed by atoms with Crippen LogP contribution in [0.15, 0.2) is 18.2 Å². The lowest BCUT2D eigenvalue weighted by molar-refractivity contribution is 0.282. The second-order valence-electron chi connectivity index (χ2n) is 6.35. The van der Waals surface area contributed by atoms with E-state index in [0.29, 0.717) is 6.61 Å². The fourth-order valence-corrected chi connectivity index (χ4v) is 3.31. The van der Waals surface area contributed by atoms with Crippen LogP contribution in [0, 0.1) is 13.8 Å². The molecular weight excluding hydrogens is 282 g/mol. The van der Waals surface area contributed by atoms with E-state index in [2.05, 4.69) is 38.7 Å². The monoisotopic (exact) mass is 305 g/mol. The SMILES string of the molecule is Cc1ccc(OCc2nc(C(C)(C)C)c(CO)s2)c(C)c1. The first-order valence-electron chi connectivity index (χ1n) is 7.11. The zero-order chi connectivity index (χ0) is 15.6. The Bertz CT molecular complexity index is 626. The molecule has 0 amide bonds. The smallest absolute Gasteiger partial charge is 0.140 e. The summed E-state index contributed by atoms with van der Waals surface area (Å²) in [5.41, 5.74) is 3.26. The number of thiazole rings is 1. The molecule has 0 fully saturated rings. The summed E-state index contributed by atoms with van der Waals surface area (Å²) in [5, 5.41) is 10.4. The van der Waals surface area contributed by atoms with Gasteiger partial charge in [-0.25, -0.2) is 4.98 Å². The highest BCUT2D eigenvalue weighted by molar-refractivity contribution is 7.11. The summed E-state index contributed by atoms with van der Waals surface area (Å²) in [6, 6.07) is 6.15. The third kappa shape index (κ3) is 3.83. The molecule has 0 aliphatic carbocycles. The first kappa shape index (κ1) is 16.0. The van der Waals surface area contributed by atoms with Gasteiger partial charge in [0.2, 0.25) is 0 Å². The van der Waals surface area contributed by atoms with Gasteiger partial charge in [0.05, 0.1) is 17.2 Å². The maximum atomic E-state index is 9.48. The van der Waals surface area contributed by atoms with Gasteiger partial charge in [-0.15, -0.1) is 11.3 Å². The van der Waals surface area contributed by atoms with Crippen molar-refractivity contribution in [2.45, 2.75) is 53.2 Å². The standard InChI is InChI=1S/C17H23NO2S/c1-11-6-7-13(12(2)8-11)20-10-15-18-16(17(3,4)5)14(9-19)21-15/h6-8,19H,9-10H2,1-5H3. The van der Waals surface area contributed by atoms with Crippen molar-refractivity contribution < 1.29 is 9.84 Å². The number of hydrogen-bond donors (Lipinski definition) is 1. The zero-order valence-corrected chi connectivity index (χ0v) is 14.2. The van der Waals surface area contributed by atoms with Gasteiger partial charge in [-0.05, 0) is 25.5 Å². The predicted octanol–water partition coefficient (Wildman–Crippen LogP) is 4.13. The highest BCUT2D eigenvalue weighted by Crippen LogP contribution is 2.30. The van der Waals surface area contributed by atoms with Gasteiger partial charge >= 0.3 is 0 Å². The summed E-state index contributed by atoms with van der Waals surface area (Å²) < 4.78 is 5.87. The Morgan fingerprint density at radius 3 is 2.48 bits per heavy atom. The van der Waals surface area contributed by atoms with E-state index in [1.54, 1.807) is 0 Å². The first-order valence-corrected chi connectivity index (χ1v) is 7.93. The van der Waals surface area contributed by atoms with E-state index in [1.807, 2.05) is 19.1 Å². The van der Waals surface area contributed by atoms with Crippen molar-refractivity contribution >= 4 is 11.3 Å². The molecule has 0 spiro atoms. The Morgan fingerprint density at radius 2 is 1.95 bits per heavy atom. The Kier molecular flexibility index (Phi) is 4.69. The molecule has 114 valence electrons. The van der Waals surface area contributed by atoms with Gasteiger partial charge in [-0.2, -0.15) is 0 Å². The van der Waals surface area contributed by atoms with Gasteiger partial charge in [0.15, 0.2) is 0 Å². The van der Waals surface area contributed by atoms with Crippen LogP contribution in [0.25, 0.3) is 0 Å². The number of aryl methyl sites for hydroxylation is 2. The molecular formula is C17H23NO2S. The van der Waals surface area contributed by atoms with Gasteiger partial charge in [-0.1, -0.05) is 38.5 Å². The molecule has 0 atom stereocenters. The average Bonchev–Trinajstić information content (AvgIpc) is 2.81. The Hall–Kier alpha value is -1.39. The largest absolute Gasteiger partial charge is 0.486 e. The zero-order valence-electron chi connectivity index (χ0n) is 13.4. The van der Waals surface area contributed by atoms with E-state index in [9.17, 15) is 5.11 Å². The minimum Gasteiger partial charge on any atom is -0.486 e. The molecule has 2 aromatic rings. The third-order valence-corrected chi connectivity index (χ3v) is 4.29. The maximum absolute atomic E-state index is 9.48. The third-order valence-electron chi connectivity index (χ3n) is 3.28. The molecule has 0 unspecified atom stereocenters. The predicted molar refractivity (Wildman–Crippen MR) is 87.0 cm³/mol. The Labute approximate surface area is 130 Å². The van der Waals surface area contributed by atoms with E-state index in [4.69, 9.17) is 4.74 Å². The first-order chi connectivity index (χ1) is 9.81. The van der Waals surface area contributed by atoms with Crippen molar-refractivity contribution in [3.63, 3.8) is 0 Å². The molecule has 1 aromatic heterocycles. The molecule has 1 heterocycles. The quantitative estimate of drug-likeness (QED) is 0.923. The van der Waals surface area contributed by atoms with Crippen LogP contribution < -0.4 is 4.74 Å². The highest BCUT2D eigenvalue weighted by atomic mass is 32.1. The minimum absolute atomic E-state index is 0.0355. The normalized spacial score (nSPS) is 11.7. The van der Waals surface area contributed by atoms with Crippen molar-refractivity contribution in [2.75, 3.05) is 0 Å². The Morgan fingerprint density at radius 1 is 1.24 bits per heavy atom. The molecule has 1 aromatic carbocycles. The molecule has 0 radical (unpaired) electrons. The molecule has 0 bridgehead atoms. The number of benzene rings is 1. The van der Waals surface area contributed by atoms with Gasteiger partial charge in [0.25, 0.3) is 0 Å². The summed E-state index contributed by atoms with van der Waals surface area (Å²) in [7, 11) is 0. The number of nitrogens with zero attached hydrogens (tertiary/aromatic N) is 1. The fraction of sp³-hybridized carbons (Fsp3) is 0.471. The van der Waals surface area contributed by atoms with Gasteiger partial charge in [0, 0.05) is 5.41 Å². The van der Waals surface area contributed by atoms with Crippen LogP contribution in [0.2, 0.25) is 0 Å². The topological polar surface area (TPSA) is 42.4 Å². The summed E-state index contributed by atoms with van der Waals surface area (Å²) in [4.78, 5) is 5.58. The number of aromatic nitrogens is 1. The second kappa shape index (κ2) is 6.16. The molecule has 1 N–H and O–H groups in total. The van der Waals surface area contributed by atoms with E-state index >= 15 is 0 Å². The summed E-state index contributed by atoms with van der Waals surface area (Å²) in [5.74, 6) is 0.888. The van der Waals surface area contributed by atoms with Crippen molar-refractivity contribution in [1.29, 1.82) is 0 Å². The summed E-state index contributed by atoms with van der Waals surface area (Å²) in [6.07, 6.45) is 0. The molecule has 3 nitrogen and oxygen atoms in total. The lowest BCUT2D eigenvalue weighted by Gasteiger charge is -2.16. The molecule has 0 aliphatic heterocycles. The van der Waals surface area contributed by atoms with E-state index in [-0.39, 0.29) is 12.0 Å². The fourth-order valence-electron chi connectivity index (χ4n) is 2.26. The van der Waals surface area contributed by atoms with Crippen LogP contribution in [0.3, 0.4) is 0 Å². The van der Waals surface area contributed by atoms with Gasteiger partial charge in [-0.3, -0.25) is 0 Å². The minimum atomic E-state index is -0.0629. The van der Waals surface area contributed by atoms with Crippen molar-refractivity contribution in [3.8, 4) is 5.75 Å². The van der Waals surface area contributed by atoms with Crippen molar-refractivity contribution in [1.82, 2.24) is 4.98 Å². The molecule has 4 heteroatoms. The summed E-state index contributed by atoms with van der Waals surface area (Å²) >= 11 is 1.53. The number of rotatable bonds is 4. The number of ether oxygens (including phenoxy) is 1. The highest BCUT2D eigenvalue weighted by Gasteiger charge is 2.22. The molecule has 21 heavy (non-hydrogen) atoms.